The Hall–Kier alpha value is -0.510. The van der Waals surface area contributed by atoms with Crippen molar-refractivity contribution in [2.75, 3.05) is 7.11 Å². The highest BCUT2D eigenvalue weighted by molar-refractivity contribution is 9.09. The van der Waals surface area contributed by atoms with Crippen LogP contribution in [0, 0.1) is 5.92 Å². The van der Waals surface area contributed by atoms with Gasteiger partial charge >= 0.3 is 0 Å². The summed E-state index contributed by atoms with van der Waals surface area (Å²) in [7, 11) is 3.67. The lowest BCUT2D eigenvalue weighted by atomic mass is 10.1. The molecule has 0 aromatic carbocycles. The van der Waals surface area contributed by atoms with Crippen molar-refractivity contribution in [1.29, 1.82) is 0 Å². The molecule has 84 valence electrons. The van der Waals surface area contributed by atoms with E-state index in [0.29, 0.717) is 4.83 Å². The highest BCUT2D eigenvalue weighted by Gasteiger charge is 2.29. The lowest BCUT2D eigenvalue weighted by molar-refractivity contribution is 0.407. The minimum atomic E-state index is 0.664. The van der Waals surface area contributed by atoms with Crippen LogP contribution in [-0.4, -0.2) is 21.7 Å². The van der Waals surface area contributed by atoms with E-state index >= 15 is 0 Å². The number of aryl methyl sites for hydroxylation is 1. The summed E-state index contributed by atoms with van der Waals surface area (Å²) >= 11 is 3.75. The average Bonchev–Trinajstić information content (AvgIpc) is 3.01. The van der Waals surface area contributed by atoms with Gasteiger partial charge < -0.3 is 4.74 Å². The fourth-order valence-corrected chi connectivity index (χ4v) is 2.62. The van der Waals surface area contributed by atoms with Crippen LogP contribution in [-0.2, 0) is 13.5 Å². The van der Waals surface area contributed by atoms with Crippen LogP contribution in [0.15, 0.2) is 6.20 Å². The van der Waals surface area contributed by atoms with Crippen LogP contribution in [0.1, 0.15) is 25.0 Å². The van der Waals surface area contributed by atoms with Gasteiger partial charge in [-0.1, -0.05) is 15.9 Å². The predicted molar refractivity (Wildman–Crippen MR) is 63.5 cm³/mol. The smallest absolute Gasteiger partial charge is 0.159 e. The fourth-order valence-electron chi connectivity index (χ4n) is 1.87. The summed E-state index contributed by atoms with van der Waals surface area (Å²) in [6.07, 6.45) is 6.76. The van der Waals surface area contributed by atoms with E-state index in [-0.39, 0.29) is 0 Å². The van der Waals surface area contributed by atoms with Crippen LogP contribution in [0.3, 0.4) is 0 Å². The van der Waals surface area contributed by atoms with E-state index in [1.165, 1.54) is 25.0 Å². The molecule has 1 unspecified atom stereocenters. The van der Waals surface area contributed by atoms with Crippen LogP contribution in [0.5, 0.6) is 5.75 Å². The largest absolute Gasteiger partial charge is 0.493 e. The SMILES string of the molecule is COc1cnn(C)c1CCC(Br)C1CC1. The number of rotatable bonds is 5. The van der Waals surface area contributed by atoms with Gasteiger partial charge in [0.2, 0.25) is 0 Å². The van der Waals surface area contributed by atoms with Crippen molar-refractivity contribution in [3.8, 4) is 5.75 Å². The van der Waals surface area contributed by atoms with Crippen molar-refractivity contribution in [2.45, 2.75) is 30.5 Å². The molecule has 1 aliphatic carbocycles. The number of methoxy groups -OCH3 is 1. The maximum atomic E-state index is 5.28. The third-order valence-corrected chi connectivity index (χ3v) is 4.24. The highest BCUT2D eigenvalue weighted by atomic mass is 79.9. The molecule has 1 fully saturated rings. The molecule has 2 rings (SSSR count). The molecule has 0 saturated heterocycles. The first-order valence-electron chi connectivity index (χ1n) is 5.41. The van der Waals surface area contributed by atoms with Gasteiger partial charge in [-0.05, 0) is 31.6 Å². The monoisotopic (exact) mass is 272 g/mol. The standard InChI is InChI=1S/C11H17BrN2O/c1-14-10(11(15-2)7-13-14)6-5-9(12)8-3-4-8/h7-9H,3-6H2,1-2H3. The van der Waals surface area contributed by atoms with Crippen LogP contribution < -0.4 is 4.74 Å². The van der Waals surface area contributed by atoms with Crippen molar-refractivity contribution >= 4 is 15.9 Å². The summed E-state index contributed by atoms with van der Waals surface area (Å²) in [6, 6.07) is 0. The molecular formula is C11H17BrN2O. The second-order valence-corrected chi connectivity index (χ2v) is 5.35. The van der Waals surface area contributed by atoms with Gasteiger partial charge in [0.05, 0.1) is 19.0 Å². The normalized spacial score (nSPS) is 17.8. The number of aromatic nitrogens is 2. The molecule has 0 aliphatic heterocycles. The highest BCUT2D eigenvalue weighted by Crippen LogP contribution is 2.38. The van der Waals surface area contributed by atoms with Crippen molar-refractivity contribution in [1.82, 2.24) is 9.78 Å². The van der Waals surface area contributed by atoms with Gasteiger partial charge in [0.25, 0.3) is 0 Å². The molecule has 1 aliphatic rings. The Morgan fingerprint density at radius 1 is 1.67 bits per heavy atom. The first-order chi connectivity index (χ1) is 7.22. The molecule has 1 atom stereocenters. The number of halogens is 1. The first kappa shape index (κ1) is 11.0. The maximum Gasteiger partial charge on any atom is 0.159 e. The Balaban J connectivity index is 1.93. The Labute approximate surface area is 98.9 Å². The Morgan fingerprint density at radius 3 is 3.00 bits per heavy atom. The third-order valence-electron chi connectivity index (χ3n) is 3.03. The van der Waals surface area contributed by atoms with E-state index in [1.807, 2.05) is 11.7 Å². The van der Waals surface area contributed by atoms with Crippen LogP contribution in [0.4, 0.5) is 0 Å². The molecular weight excluding hydrogens is 256 g/mol. The van der Waals surface area contributed by atoms with E-state index in [4.69, 9.17) is 4.74 Å². The minimum Gasteiger partial charge on any atom is -0.493 e. The molecule has 1 heterocycles. The van der Waals surface area contributed by atoms with E-state index in [9.17, 15) is 0 Å². The van der Waals surface area contributed by atoms with Crippen LogP contribution in [0.2, 0.25) is 0 Å². The van der Waals surface area contributed by atoms with Gasteiger partial charge in [0.1, 0.15) is 0 Å². The molecule has 3 nitrogen and oxygen atoms in total. The average molecular weight is 273 g/mol. The third kappa shape index (κ3) is 2.54. The van der Waals surface area contributed by atoms with Crippen molar-refractivity contribution in [2.24, 2.45) is 13.0 Å². The molecule has 1 aromatic rings. The summed E-state index contributed by atoms with van der Waals surface area (Å²) in [6.45, 7) is 0. The summed E-state index contributed by atoms with van der Waals surface area (Å²) < 4.78 is 7.18. The summed E-state index contributed by atoms with van der Waals surface area (Å²) in [5.74, 6) is 1.82. The van der Waals surface area contributed by atoms with Gasteiger partial charge in [-0.3, -0.25) is 4.68 Å². The van der Waals surface area contributed by atoms with Gasteiger partial charge in [0, 0.05) is 11.9 Å². The number of ether oxygens (including phenoxy) is 1. The molecule has 0 bridgehead atoms. The van der Waals surface area contributed by atoms with Gasteiger partial charge in [0.15, 0.2) is 5.75 Å². The molecule has 1 saturated carbocycles. The minimum absolute atomic E-state index is 0.664. The molecule has 0 N–H and O–H groups in total. The van der Waals surface area contributed by atoms with Crippen LogP contribution in [0.25, 0.3) is 0 Å². The lowest BCUT2D eigenvalue weighted by Gasteiger charge is -2.09. The maximum absolute atomic E-state index is 5.28. The number of hydrogen-bond donors (Lipinski definition) is 0. The van der Waals surface area contributed by atoms with Gasteiger partial charge in [-0.15, -0.1) is 0 Å². The van der Waals surface area contributed by atoms with Gasteiger partial charge in [-0.2, -0.15) is 5.10 Å². The molecule has 4 heteroatoms. The first-order valence-corrected chi connectivity index (χ1v) is 6.33. The van der Waals surface area contributed by atoms with E-state index < -0.39 is 0 Å². The molecule has 0 spiro atoms. The van der Waals surface area contributed by atoms with E-state index in [0.717, 1.165) is 18.1 Å². The lowest BCUT2D eigenvalue weighted by Crippen LogP contribution is -2.06. The zero-order valence-electron chi connectivity index (χ0n) is 9.24. The van der Waals surface area contributed by atoms with E-state index in [2.05, 4.69) is 21.0 Å². The molecule has 0 radical (unpaired) electrons. The number of alkyl halides is 1. The predicted octanol–water partition coefficient (Wildman–Crippen LogP) is 2.53. The summed E-state index contributed by atoms with van der Waals surface area (Å²) in [5.41, 5.74) is 1.20. The number of nitrogens with zero attached hydrogens (tertiary/aromatic N) is 2. The topological polar surface area (TPSA) is 27.1 Å². The van der Waals surface area contributed by atoms with E-state index in [1.54, 1.807) is 13.3 Å². The summed E-state index contributed by atoms with van der Waals surface area (Å²) in [5, 5.41) is 4.20. The number of hydrogen-bond acceptors (Lipinski definition) is 2. The molecule has 1 aromatic heterocycles. The Bertz CT molecular complexity index is 333. The van der Waals surface area contributed by atoms with Gasteiger partial charge in [-0.25, -0.2) is 0 Å². The molecule has 15 heavy (non-hydrogen) atoms. The Kier molecular flexibility index (Phi) is 3.34. The zero-order valence-corrected chi connectivity index (χ0v) is 10.8. The fraction of sp³-hybridized carbons (Fsp3) is 0.727. The Morgan fingerprint density at radius 2 is 2.40 bits per heavy atom. The second-order valence-electron chi connectivity index (χ2n) is 4.18. The van der Waals surface area contributed by atoms with Crippen molar-refractivity contribution < 1.29 is 4.74 Å². The van der Waals surface area contributed by atoms with Crippen molar-refractivity contribution in [3.05, 3.63) is 11.9 Å². The summed E-state index contributed by atoms with van der Waals surface area (Å²) in [4.78, 5) is 0.664. The zero-order chi connectivity index (χ0) is 10.8. The van der Waals surface area contributed by atoms with Crippen molar-refractivity contribution in [3.63, 3.8) is 0 Å². The second kappa shape index (κ2) is 4.56. The molecule has 0 amide bonds. The van der Waals surface area contributed by atoms with Crippen LogP contribution >= 0.6 is 15.9 Å². The quantitative estimate of drug-likeness (QED) is 0.771.